The summed E-state index contributed by atoms with van der Waals surface area (Å²) in [5, 5.41) is 34.7. The van der Waals surface area contributed by atoms with Crippen molar-refractivity contribution in [1.29, 1.82) is 0 Å². The van der Waals surface area contributed by atoms with Crippen LogP contribution >= 0.6 is 0 Å². The van der Waals surface area contributed by atoms with Gasteiger partial charge in [-0.25, -0.2) is 0 Å². The van der Waals surface area contributed by atoms with Gasteiger partial charge in [0.15, 0.2) is 6.29 Å². The van der Waals surface area contributed by atoms with Crippen molar-refractivity contribution in [3.8, 4) is 0 Å². The topological polar surface area (TPSA) is 156 Å². The van der Waals surface area contributed by atoms with Crippen molar-refractivity contribution in [1.82, 2.24) is 10.6 Å². The highest BCUT2D eigenvalue weighted by atomic mass is 16.7. The summed E-state index contributed by atoms with van der Waals surface area (Å²) in [6, 6.07) is 6.66. The van der Waals surface area contributed by atoms with Crippen LogP contribution in [0.25, 0.3) is 6.08 Å². The fraction of sp³-hybridized carbons (Fsp3) is 0.565. The van der Waals surface area contributed by atoms with Crippen LogP contribution in [0.3, 0.4) is 0 Å². The van der Waals surface area contributed by atoms with Crippen molar-refractivity contribution in [3.63, 3.8) is 0 Å². The molecule has 34 heavy (non-hydrogen) atoms. The zero-order chi connectivity index (χ0) is 24.9. The zero-order valence-corrected chi connectivity index (χ0v) is 19.2. The van der Waals surface area contributed by atoms with E-state index in [2.05, 4.69) is 17.2 Å². The predicted octanol–water partition coefficient (Wildman–Crippen LogP) is -1.06. The van der Waals surface area contributed by atoms with Gasteiger partial charge < -0.3 is 44.9 Å². The number of rotatable bonds is 14. The summed E-state index contributed by atoms with van der Waals surface area (Å²) >= 11 is 0. The minimum atomic E-state index is -1.37. The number of carbonyl (C=O) groups excluding carboxylic acids is 2. The van der Waals surface area contributed by atoms with E-state index in [1.807, 2.05) is 24.3 Å². The molecule has 1 saturated heterocycles. The van der Waals surface area contributed by atoms with E-state index in [0.717, 1.165) is 11.1 Å². The van der Waals surface area contributed by atoms with E-state index >= 15 is 0 Å². The highest BCUT2D eigenvalue weighted by Gasteiger charge is 2.45. The van der Waals surface area contributed by atoms with E-state index in [1.165, 1.54) is 6.92 Å². The lowest BCUT2D eigenvalue weighted by molar-refractivity contribution is -0.272. The van der Waals surface area contributed by atoms with Gasteiger partial charge >= 0.3 is 0 Å². The molecule has 0 aliphatic carbocycles. The third kappa shape index (κ3) is 9.11. The van der Waals surface area contributed by atoms with Gasteiger partial charge in [-0.05, 0) is 11.1 Å². The molecule has 190 valence electrons. The molecule has 0 aromatic heterocycles. The Morgan fingerprint density at radius 2 is 1.76 bits per heavy atom. The van der Waals surface area contributed by atoms with Crippen molar-refractivity contribution >= 4 is 17.9 Å². The Kier molecular flexibility index (Phi) is 12.1. The highest BCUT2D eigenvalue weighted by Crippen LogP contribution is 2.22. The standard InChI is InChI=1S/C23H34N2O9/c1-3-16-4-6-17(7-5-16)12-24-19(28)14-32-9-8-31-10-11-33-23-20(25-15(2)27)22(30)21(29)18(13-26)34-23/h3-7,18,20-23,26,29-30H,1,8-14H2,2H3,(H,24,28)(H,25,27)/t18-,20-,21-,22-,23-/m1/s1. The Morgan fingerprint density at radius 1 is 1.09 bits per heavy atom. The first-order chi connectivity index (χ1) is 16.3. The molecule has 0 bridgehead atoms. The smallest absolute Gasteiger partial charge is 0.246 e. The van der Waals surface area contributed by atoms with Crippen molar-refractivity contribution in [2.45, 2.75) is 44.1 Å². The van der Waals surface area contributed by atoms with Crippen molar-refractivity contribution in [3.05, 3.63) is 42.0 Å². The van der Waals surface area contributed by atoms with Gasteiger partial charge in [0.2, 0.25) is 11.8 Å². The number of hydrogen-bond donors (Lipinski definition) is 5. The second-order valence-corrected chi connectivity index (χ2v) is 7.69. The van der Waals surface area contributed by atoms with Crippen LogP contribution in [0.2, 0.25) is 0 Å². The molecule has 2 amide bonds. The second-order valence-electron chi connectivity index (χ2n) is 7.69. The van der Waals surface area contributed by atoms with Crippen LogP contribution in [-0.4, -0.2) is 97.4 Å². The average Bonchev–Trinajstić information content (AvgIpc) is 2.83. The lowest BCUT2D eigenvalue weighted by Crippen LogP contribution is -2.64. The van der Waals surface area contributed by atoms with Crippen molar-refractivity contribution in [2.24, 2.45) is 0 Å². The fourth-order valence-electron chi connectivity index (χ4n) is 3.24. The molecular weight excluding hydrogens is 448 g/mol. The molecule has 1 fully saturated rings. The molecule has 1 aliphatic heterocycles. The van der Waals surface area contributed by atoms with E-state index < -0.39 is 43.2 Å². The van der Waals surface area contributed by atoms with Gasteiger partial charge in [-0.1, -0.05) is 36.9 Å². The third-order valence-corrected chi connectivity index (χ3v) is 5.07. The van der Waals surface area contributed by atoms with E-state index in [1.54, 1.807) is 6.08 Å². The lowest BCUT2D eigenvalue weighted by atomic mass is 9.97. The number of aliphatic hydroxyl groups is 3. The van der Waals surface area contributed by atoms with Gasteiger partial charge in [-0.15, -0.1) is 0 Å². The van der Waals surface area contributed by atoms with Gasteiger partial charge in [0.05, 0.1) is 33.0 Å². The van der Waals surface area contributed by atoms with Crippen LogP contribution in [-0.2, 0) is 35.1 Å². The number of aliphatic hydroxyl groups excluding tert-OH is 3. The largest absolute Gasteiger partial charge is 0.394 e. The fourth-order valence-corrected chi connectivity index (χ4v) is 3.24. The number of nitrogens with one attached hydrogen (secondary N) is 2. The van der Waals surface area contributed by atoms with Crippen LogP contribution < -0.4 is 10.6 Å². The first-order valence-corrected chi connectivity index (χ1v) is 11.0. The molecule has 11 nitrogen and oxygen atoms in total. The molecule has 0 unspecified atom stereocenters. The number of carbonyl (C=O) groups is 2. The number of benzene rings is 1. The van der Waals surface area contributed by atoms with Gasteiger partial charge in [0, 0.05) is 13.5 Å². The van der Waals surface area contributed by atoms with Crippen LogP contribution in [0.1, 0.15) is 18.1 Å². The molecule has 0 saturated carbocycles. The average molecular weight is 483 g/mol. The summed E-state index contributed by atoms with van der Waals surface area (Å²) in [7, 11) is 0. The minimum Gasteiger partial charge on any atom is -0.394 e. The number of hydrogen-bond acceptors (Lipinski definition) is 9. The van der Waals surface area contributed by atoms with Gasteiger partial charge in [0.25, 0.3) is 0 Å². The van der Waals surface area contributed by atoms with E-state index in [4.69, 9.17) is 18.9 Å². The monoisotopic (exact) mass is 482 g/mol. The summed E-state index contributed by atoms with van der Waals surface area (Å²) in [5.74, 6) is -0.673. The Labute approximate surface area is 198 Å². The summed E-state index contributed by atoms with van der Waals surface area (Å²) in [4.78, 5) is 23.2. The molecule has 5 N–H and O–H groups in total. The molecule has 0 spiro atoms. The minimum absolute atomic E-state index is 0.0623. The third-order valence-electron chi connectivity index (χ3n) is 5.07. The maximum absolute atomic E-state index is 11.8. The summed E-state index contributed by atoms with van der Waals surface area (Å²) < 4.78 is 21.6. The first kappa shape index (κ1) is 27.9. The quantitative estimate of drug-likeness (QED) is 0.209. The van der Waals surface area contributed by atoms with Crippen LogP contribution in [0.4, 0.5) is 0 Å². The summed E-state index contributed by atoms with van der Waals surface area (Å²) in [6.07, 6.45) is -3.11. The Bertz CT molecular complexity index is 774. The van der Waals surface area contributed by atoms with Gasteiger partial charge in [0.1, 0.15) is 31.0 Å². The predicted molar refractivity (Wildman–Crippen MR) is 121 cm³/mol. The second kappa shape index (κ2) is 14.8. The Morgan fingerprint density at radius 3 is 2.41 bits per heavy atom. The van der Waals surface area contributed by atoms with Crippen LogP contribution in [0.15, 0.2) is 30.8 Å². The molecule has 11 heteroatoms. The van der Waals surface area contributed by atoms with Gasteiger partial charge in [-0.2, -0.15) is 0 Å². The summed E-state index contributed by atoms with van der Waals surface area (Å²) in [5.41, 5.74) is 1.98. The van der Waals surface area contributed by atoms with Crippen LogP contribution in [0.5, 0.6) is 0 Å². The molecule has 1 aliphatic rings. The highest BCUT2D eigenvalue weighted by molar-refractivity contribution is 5.77. The molecule has 1 aromatic carbocycles. The Balaban J connectivity index is 1.58. The molecule has 2 rings (SSSR count). The number of amides is 2. The zero-order valence-electron chi connectivity index (χ0n) is 19.2. The van der Waals surface area contributed by atoms with E-state index in [0.29, 0.717) is 6.54 Å². The number of ether oxygens (including phenoxy) is 4. The van der Waals surface area contributed by atoms with Crippen LogP contribution in [0, 0.1) is 0 Å². The maximum Gasteiger partial charge on any atom is 0.246 e. The van der Waals surface area contributed by atoms with E-state index in [-0.39, 0.29) is 38.9 Å². The molecule has 5 atom stereocenters. The first-order valence-electron chi connectivity index (χ1n) is 11.0. The molecule has 0 radical (unpaired) electrons. The van der Waals surface area contributed by atoms with Crippen molar-refractivity contribution in [2.75, 3.05) is 39.6 Å². The molecule has 1 aromatic rings. The Hall–Kier alpha value is -2.38. The van der Waals surface area contributed by atoms with E-state index in [9.17, 15) is 24.9 Å². The van der Waals surface area contributed by atoms with Crippen molar-refractivity contribution < 1.29 is 43.9 Å². The molecular formula is C23H34N2O9. The normalized spacial score (nSPS) is 24.4. The van der Waals surface area contributed by atoms with Gasteiger partial charge in [-0.3, -0.25) is 9.59 Å². The SMILES string of the molecule is C=Cc1ccc(CNC(=O)COCCOCCO[C@@H]2O[C@H](CO)[C@@H](O)[C@H](O)[C@H]2NC(C)=O)cc1. The maximum atomic E-state index is 11.8. The summed E-state index contributed by atoms with van der Waals surface area (Å²) in [6.45, 7) is 5.39. The lowest BCUT2D eigenvalue weighted by Gasteiger charge is -2.42. The molecule has 1 heterocycles.